The van der Waals surface area contributed by atoms with Crippen molar-refractivity contribution >= 4 is 5.78 Å². The van der Waals surface area contributed by atoms with E-state index < -0.39 is 5.60 Å². The molecule has 1 aliphatic carbocycles. The molecule has 2 nitrogen and oxygen atoms in total. The Hall–Kier alpha value is -1.15. The van der Waals surface area contributed by atoms with Crippen LogP contribution in [-0.2, 0) is 17.6 Å². The molecule has 0 aliphatic heterocycles. The maximum atomic E-state index is 11.2. The Morgan fingerprint density at radius 1 is 1.12 bits per heavy atom. The van der Waals surface area contributed by atoms with Crippen molar-refractivity contribution in [1.82, 2.24) is 0 Å². The van der Waals surface area contributed by atoms with Gasteiger partial charge in [0.2, 0.25) is 0 Å². The van der Waals surface area contributed by atoms with Gasteiger partial charge < -0.3 is 5.11 Å². The molecule has 17 heavy (non-hydrogen) atoms. The van der Waals surface area contributed by atoms with Gasteiger partial charge in [-0.05, 0) is 30.4 Å². The third kappa shape index (κ3) is 3.16. The second-order valence-corrected chi connectivity index (χ2v) is 5.11. The first-order valence-electron chi connectivity index (χ1n) is 6.43. The average Bonchev–Trinajstić information content (AvgIpc) is 2.34. The van der Waals surface area contributed by atoms with Crippen LogP contribution in [0.15, 0.2) is 24.3 Å². The minimum atomic E-state index is -0.665. The summed E-state index contributed by atoms with van der Waals surface area (Å²) in [6.45, 7) is 2.13. The minimum Gasteiger partial charge on any atom is -0.390 e. The number of aryl methyl sites for hydroxylation is 1. The van der Waals surface area contributed by atoms with Crippen molar-refractivity contribution in [3.63, 3.8) is 0 Å². The van der Waals surface area contributed by atoms with Crippen molar-refractivity contribution in [1.29, 1.82) is 0 Å². The molecular weight excluding hydrogens is 212 g/mol. The molecule has 1 fully saturated rings. The zero-order valence-electron chi connectivity index (χ0n) is 10.4. The Labute approximate surface area is 103 Å². The monoisotopic (exact) mass is 232 g/mol. The van der Waals surface area contributed by atoms with Crippen molar-refractivity contribution in [2.45, 2.75) is 51.0 Å². The lowest BCUT2D eigenvalue weighted by atomic mass is 9.80. The molecular formula is C15H20O2. The van der Waals surface area contributed by atoms with E-state index in [4.69, 9.17) is 0 Å². The molecule has 2 rings (SSSR count). The summed E-state index contributed by atoms with van der Waals surface area (Å²) in [5.74, 6) is 0.288. The average molecular weight is 232 g/mol. The van der Waals surface area contributed by atoms with E-state index in [0.29, 0.717) is 32.1 Å². The fourth-order valence-corrected chi connectivity index (χ4v) is 2.44. The second-order valence-electron chi connectivity index (χ2n) is 5.11. The second kappa shape index (κ2) is 5.01. The van der Waals surface area contributed by atoms with Gasteiger partial charge in [-0.3, -0.25) is 4.79 Å². The molecule has 0 unspecified atom stereocenters. The first-order valence-corrected chi connectivity index (χ1v) is 6.43. The van der Waals surface area contributed by atoms with Crippen molar-refractivity contribution in [2.75, 3.05) is 0 Å². The fourth-order valence-electron chi connectivity index (χ4n) is 2.44. The molecule has 2 heteroatoms. The number of carbonyl (C=O) groups is 1. The third-order valence-corrected chi connectivity index (χ3v) is 3.70. The zero-order chi connectivity index (χ0) is 12.3. The Morgan fingerprint density at radius 2 is 1.65 bits per heavy atom. The number of aliphatic hydroxyl groups is 1. The number of Topliss-reactive ketones (excluding diaryl/α,β-unsaturated/α-hetero) is 1. The van der Waals surface area contributed by atoms with E-state index in [-0.39, 0.29) is 5.78 Å². The minimum absolute atomic E-state index is 0.288. The van der Waals surface area contributed by atoms with Gasteiger partial charge >= 0.3 is 0 Å². The third-order valence-electron chi connectivity index (χ3n) is 3.70. The fraction of sp³-hybridized carbons (Fsp3) is 0.533. The van der Waals surface area contributed by atoms with Crippen molar-refractivity contribution in [3.8, 4) is 0 Å². The molecule has 0 aromatic heterocycles. The highest BCUT2D eigenvalue weighted by Gasteiger charge is 2.32. The van der Waals surface area contributed by atoms with Crippen LogP contribution < -0.4 is 0 Å². The smallest absolute Gasteiger partial charge is 0.133 e. The first kappa shape index (κ1) is 12.3. The summed E-state index contributed by atoms with van der Waals surface area (Å²) < 4.78 is 0. The largest absolute Gasteiger partial charge is 0.390 e. The first-order chi connectivity index (χ1) is 8.11. The van der Waals surface area contributed by atoms with E-state index in [1.807, 2.05) is 0 Å². The SMILES string of the molecule is CCc1ccc(CC2(O)CCC(=O)CC2)cc1. The zero-order valence-corrected chi connectivity index (χ0v) is 10.4. The number of ketones is 1. The molecule has 0 bridgehead atoms. The predicted octanol–water partition coefficient (Wildman–Crippen LogP) is 2.67. The summed E-state index contributed by atoms with van der Waals surface area (Å²) in [6, 6.07) is 8.42. The van der Waals surface area contributed by atoms with Crippen LogP contribution in [0.5, 0.6) is 0 Å². The number of hydrogen-bond acceptors (Lipinski definition) is 2. The van der Waals surface area contributed by atoms with E-state index in [0.717, 1.165) is 6.42 Å². The summed E-state index contributed by atoms with van der Waals surface area (Å²) in [5, 5.41) is 10.4. The Morgan fingerprint density at radius 3 is 2.18 bits per heavy atom. The van der Waals surface area contributed by atoms with Gasteiger partial charge in [-0.2, -0.15) is 0 Å². The van der Waals surface area contributed by atoms with E-state index in [2.05, 4.69) is 31.2 Å². The van der Waals surface area contributed by atoms with Crippen LogP contribution in [0.4, 0.5) is 0 Å². The summed E-state index contributed by atoms with van der Waals surface area (Å²) in [5.41, 5.74) is 1.82. The van der Waals surface area contributed by atoms with Crippen LogP contribution in [0.25, 0.3) is 0 Å². The summed E-state index contributed by atoms with van der Waals surface area (Å²) in [4.78, 5) is 11.2. The highest BCUT2D eigenvalue weighted by atomic mass is 16.3. The molecule has 1 N–H and O–H groups in total. The van der Waals surface area contributed by atoms with E-state index in [9.17, 15) is 9.90 Å². The Bertz CT molecular complexity index is 382. The van der Waals surface area contributed by atoms with Gasteiger partial charge in [0.05, 0.1) is 5.60 Å². The van der Waals surface area contributed by atoms with Gasteiger partial charge in [-0.1, -0.05) is 31.2 Å². The quantitative estimate of drug-likeness (QED) is 0.870. The summed E-state index contributed by atoms with van der Waals surface area (Å²) >= 11 is 0. The Kier molecular flexibility index (Phi) is 3.63. The van der Waals surface area contributed by atoms with Crippen molar-refractivity contribution in [2.24, 2.45) is 0 Å². The lowest BCUT2D eigenvalue weighted by Crippen LogP contribution is -2.36. The van der Waals surface area contributed by atoms with Crippen molar-refractivity contribution in [3.05, 3.63) is 35.4 Å². The van der Waals surface area contributed by atoms with E-state index in [1.54, 1.807) is 0 Å². The normalized spacial score (nSPS) is 19.3. The molecule has 0 heterocycles. The Balaban J connectivity index is 2.01. The number of carbonyl (C=O) groups excluding carboxylic acids is 1. The van der Waals surface area contributed by atoms with Crippen LogP contribution >= 0.6 is 0 Å². The van der Waals surface area contributed by atoms with Crippen molar-refractivity contribution < 1.29 is 9.90 Å². The van der Waals surface area contributed by atoms with Gasteiger partial charge in [0.1, 0.15) is 5.78 Å². The van der Waals surface area contributed by atoms with Gasteiger partial charge in [0, 0.05) is 19.3 Å². The summed E-state index contributed by atoms with van der Waals surface area (Å²) in [7, 11) is 0. The predicted molar refractivity (Wildman–Crippen MR) is 67.9 cm³/mol. The van der Waals surface area contributed by atoms with Crippen LogP contribution in [0.3, 0.4) is 0 Å². The highest BCUT2D eigenvalue weighted by molar-refractivity contribution is 5.79. The van der Waals surface area contributed by atoms with E-state index in [1.165, 1.54) is 11.1 Å². The van der Waals surface area contributed by atoms with Gasteiger partial charge in [0.15, 0.2) is 0 Å². The lowest BCUT2D eigenvalue weighted by Gasteiger charge is -2.31. The lowest BCUT2D eigenvalue weighted by molar-refractivity contribution is -0.125. The highest BCUT2D eigenvalue weighted by Crippen LogP contribution is 2.29. The molecule has 1 aliphatic rings. The molecule has 0 saturated heterocycles. The molecule has 1 aromatic rings. The maximum absolute atomic E-state index is 11.2. The molecule has 0 amide bonds. The maximum Gasteiger partial charge on any atom is 0.133 e. The van der Waals surface area contributed by atoms with Gasteiger partial charge in [-0.25, -0.2) is 0 Å². The van der Waals surface area contributed by atoms with Crippen LogP contribution in [0, 0.1) is 0 Å². The summed E-state index contributed by atoms with van der Waals surface area (Å²) in [6.07, 6.45) is 4.00. The molecule has 92 valence electrons. The molecule has 1 aromatic carbocycles. The standard InChI is InChI=1S/C15H20O2/c1-2-12-3-5-13(6-4-12)11-15(17)9-7-14(16)8-10-15/h3-6,17H,2,7-11H2,1H3. The van der Waals surface area contributed by atoms with E-state index >= 15 is 0 Å². The topological polar surface area (TPSA) is 37.3 Å². The number of rotatable bonds is 3. The van der Waals surface area contributed by atoms with Gasteiger partial charge in [0.25, 0.3) is 0 Å². The molecule has 0 atom stereocenters. The molecule has 1 saturated carbocycles. The van der Waals surface area contributed by atoms with Crippen LogP contribution in [0.1, 0.15) is 43.7 Å². The van der Waals surface area contributed by atoms with Crippen LogP contribution in [0.2, 0.25) is 0 Å². The molecule has 0 spiro atoms. The van der Waals surface area contributed by atoms with Gasteiger partial charge in [-0.15, -0.1) is 0 Å². The van der Waals surface area contributed by atoms with Crippen LogP contribution in [-0.4, -0.2) is 16.5 Å². The number of benzene rings is 1. The molecule has 0 radical (unpaired) electrons. The number of hydrogen-bond donors (Lipinski definition) is 1.